The molecule has 4 heteroatoms. The molecule has 0 spiro atoms. The zero-order valence-electron chi connectivity index (χ0n) is 20.8. The van der Waals surface area contributed by atoms with Crippen molar-refractivity contribution in [1.29, 1.82) is 0 Å². The second kappa shape index (κ2) is 10.8. The minimum atomic E-state index is -3.45. The van der Waals surface area contributed by atoms with Gasteiger partial charge in [0.15, 0.2) is 0 Å². The molecule has 0 radical (unpaired) electrons. The van der Waals surface area contributed by atoms with Gasteiger partial charge in [-0.2, -0.15) is 0 Å². The normalized spacial score (nSPS) is 12.3. The number of hydrogen-bond acceptors (Lipinski definition) is 2. The van der Waals surface area contributed by atoms with E-state index in [0.29, 0.717) is 24.3 Å². The van der Waals surface area contributed by atoms with Gasteiger partial charge in [0, 0.05) is 0 Å². The van der Waals surface area contributed by atoms with Crippen LogP contribution in [-0.2, 0) is 12.8 Å². The number of hydrogen-bond donors (Lipinski definition) is 0. The third-order valence-corrected chi connectivity index (χ3v) is 14.0. The summed E-state index contributed by atoms with van der Waals surface area (Å²) in [5.41, 5.74) is 2.19. The SMILES string of the molecule is COc1ccc(CP(Cl)(c2ccccc2)(c2ccccc2)c2ccccc2)cc1OCc1ccccc1. The van der Waals surface area contributed by atoms with Crippen molar-refractivity contribution in [1.82, 2.24) is 0 Å². The van der Waals surface area contributed by atoms with Crippen molar-refractivity contribution in [3.05, 3.63) is 151 Å². The first-order valence-corrected chi connectivity index (χ1v) is 15.7. The Morgan fingerprint density at radius 3 is 1.46 bits per heavy atom. The first-order chi connectivity index (χ1) is 18.1. The Morgan fingerprint density at radius 1 is 0.541 bits per heavy atom. The molecule has 0 fully saturated rings. The number of halogens is 1. The van der Waals surface area contributed by atoms with Gasteiger partial charge in [-0.25, -0.2) is 0 Å². The fourth-order valence-corrected chi connectivity index (χ4v) is 11.1. The summed E-state index contributed by atoms with van der Waals surface area (Å²) in [4.78, 5) is 0. The number of benzene rings is 5. The Bertz CT molecular complexity index is 1340. The van der Waals surface area contributed by atoms with Crippen molar-refractivity contribution in [3.8, 4) is 11.5 Å². The van der Waals surface area contributed by atoms with E-state index in [4.69, 9.17) is 20.7 Å². The van der Waals surface area contributed by atoms with Crippen LogP contribution in [-0.4, -0.2) is 7.11 Å². The Morgan fingerprint density at radius 2 is 1.00 bits per heavy atom. The third-order valence-electron chi connectivity index (χ3n) is 6.83. The molecule has 0 unspecified atom stereocenters. The van der Waals surface area contributed by atoms with Crippen molar-refractivity contribution in [3.63, 3.8) is 0 Å². The van der Waals surface area contributed by atoms with Crippen molar-refractivity contribution < 1.29 is 9.47 Å². The molecule has 0 aliphatic carbocycles. The van der Waals surface area contributed by atoms with E-state index in [0.717, 1.165) is 27.0 Å². The van der Waals surface area contributed by atoms with Crippen LogP contribution in [0.25, 0.3) is 0 Å². The van der Waals surface area contributed by atoms with Crippen LogP contribution in [0.1, 0.15) is 11.1 Å². The van der Waals surface area contributed by atoms with Crippen molar-refractivity contribution in [2.24, 2.45) is 0 Å². The summed E-state index contributed by atoms with van der Waals surface area (Å²) in [6.45, 7) is 0.460. The van der Waals surface area contributed by atoms with Crippen molar-refractivity contribution in [2.75, 3.05) is 7.11 Å². The van der Waals surface area contributed by atoms with Gasteiger partial charge in [-0.3, -0.25) is 0 Å². The van der Waals surface area contributed by atoms with Crippen molar-refractivity contribution in [2.45, 2.75) is 12.8 Å². The zero-order valence-corrected chi connectivity index (χ0v) is 22.5. The van der Waals surface area contributed by atoms with Crippen LogP contribution in [0, 0.1) is 0 Å². The van der Waals surface area contributed by atoms with Gasteiger partial charge in [-0.05, 0) is 0 Å². The zero-order chi connectivity index (χ0) is 25.6. The monoisotopic (exact) mass is 524 g/mol. The van der Waals surface area contributed by atoms with Crippen LogP contribution in [0.15, 0.2) is 140 Å². The third kappa shape index (κ3) is 4.88. The molecule has 0 heterocycles. The number of rotatable bonds is 9. The fourth-order valence-electron chi connectivity index (χ4n) is 4.95. The summed E-state index contributed by atoms with van der Waals surface area (Å²) in [5.74, 6) is -2.04. The summed E-state index contributed by atoms with van der Waals surface area (Å²) in [6.07, 6.45) is 0.636. The first kappa shape index (κ1) is 25.1. The average Bonchev–Trinajstić information content (AvgIpc) is 2.98. The minimum absolute atomic E-state index is 0.460. The summed E-state index contributed by atoms with van der Waals surface area (Å²) in [7, 11) is 1.67. The standard InChI is InChI=1S/C33H30ClO2P/c1-35-32-23-22-28(24-33(32)36-25-27-14-6-2-7-15-27)26-37(34,29-16-8-3-9-17-29,30-18-10-4-11-19-30)31-20-12-5-13-21-31/h2-24H,25-26H2,1H3. The number of methoxy groups -OCH3 is 1. The van der Waals surface area contributed by atoms with Gasteiger partial charge < -0.3 is 0 Å². The molecule has 2 nitrogen and oxygen atoms in total. The molecule has 5 aromatic rings. The quantitative estimate of drug-likeness (QED) is 0.186. The van der Waals surface area contributed by atoms with Crippen LogP contribution in [0.3, 0.4) is 0 Å². The second-order valence-electron chi connectivity index (χ2n) is 9.11. The molecular formula is C33H30ClO2P. The van der Waals surface area contributed by atoms with Gasteiger partial charge in [0.2, 0.25) is 0 Å². The molecule has 5 aromatic carbocycles. The Labute approximate surface area is 224 Å². The molecule has 0 N–H and O–H groups in total. The van der Waals surface area contributed by atoms with Gasteiger partial charge in [0.1, 0.15) is 0 Å². The predicted molar refractivity (Wildman–Crippen MR) is 158 cm³/mol. The molecule has 0 amide bonds. The molecule has 0 bridgehead atoms. The molecule has 0 saturated carbocycles. The van der Waals surface area contributed by atoms with Gasteiger partial charge in [-0.1, -0.05) is 0 Å². The van der Waals surface area contributed by atoms with E-state index in [-0.39, 0.29) is 0 Å². The molecule has 0 aliphatic heterocycles. The van der Waals surface area contributed by atoms with E-state index in [2.05, 4.69) is 97.1 Å². The van der Waals surface area contributed by atoms with Gasteiger partial charge in [0.25, 0.3) is 0 Å². The maximum absolute atomic E-state index is 8.27. The molecular weight excluding hydrogens is 495 g/mol. The maximum atomic E-state index is 8.27. The van der Waals surface area contributed by atoms with E-state index in [1.165, 1.54) is 0 Å². The fraction of sp³-hybridized carbons (Fsp3) is 0.0909. The average molecular weight is 525 g/mol. The van der Waals surface area contributed by atoms with Crippen LogP contribution in [0.4, 0.5) is 0 Å². The van der Waals surface area contributed by atoms with Gasteiger partial charge in [0.05, 0.1) is 0 Å². The van der Waals surface area contributed by atoms with Crippen LogP contribution in [0.5, 0.6) is 11.5 Å². The molecule has 186 valence electrons. The topological polar surface area (TPSA) is 18.5 Å². The van der Waals surface area contributed by atoms with Gasteiger partial charge in [-0.15, -0.1) is 0 Å². The van der Waals surface area contributed by atoms with Crippen molar-refractivity contribution >= 4 is 33.1 Å². The molecule has 0 saturated heterocycles. The Balaban J connectivity index is 1.66. The summed E-state index contributed by atoms with van der Waals surface area (Å²) < 4.78 is 11.9. The van der Waals surface area contributed by atoms with E-state index < -0.39 is 5.96 Å². The molecule has 0 aromatic heterocycles. The summed E-state index contributed by atoms with van der Waals surface area (Å²) in [5, 5.41) is 3.40. The summed E-state index contributed by atoms with van der Waals surface area (Å²) >= 11 is 8.27. The van der Waals surface area contributed by atoms with E-state index in [1.54, 1.807) is 7.11 Å². The number of ether oxygens (including phenoxy) is 2. The van der Waals surface area contributed by atoms with Crippen LogP contribution >= 0.6 is 17.2 Å². The van der Waals surface area contributed by atoms with Crippen LogP contribution in [0.2, 0.25) is 0 Å². The van der Waals surface area contributed by atoms with Gasteiger partial charge >= 0.3 is 225 Å². The Kier molecular flexibility index (Phi) is 7.33. The molecule has 5 rings (SSSR count). The molecule has 0 aliphatic rings. The van der Waals surface area contributed by atoms with E-state index in [9.17, 15) is 0 Å². The predicted octanol–water partition coefficient (Wildman–Crippen LogP) is 7.46. The second-order valence-corrected chi connectivity index (χ2v) is 15.6. The molecule has 0 atom stereocenters. The Hall–Kier alpha value is -3.58. The van der Waals surface area contributed by atoms with E-state index in [1.807, 2.05) is 42.5 Å². The molecule has 37 heavy (non-hydrogen) atoms. The first-order valence-electron chi connectivity index (χ1n) is 12.3. The summed E-state index contributed by atoms with van der Waals surface area (Å²) in [6, 6.07) is 47.9. The van der Waals surface area contributed by atoms with Crippen LogP contribution < -0.4 is 25.4 Å². The van der Waals surface area contributed by atoms with E-state index >= 15 is 0 Å².